The third-order valence-electron chi connectivity index (χ3n) is 4.57. The Labute approximate surface area is 159 Å². The first-order valence-electron chi connectivity index (χ1n) is 9.33. The summed E-state index contributed by atoms with van der Waals surface area (Å²) in [5, 5.41) is 2.85. The Morgan fingerprint density at radius 2 is 1.96 bits per heavy atom. The highest BCUT2D eigenvalue weighted by atomic mass is 16.7. The van der Waals surface area contributed by atoms with Crippen LogP contribution in [-0.4, -0.2) is 49.1 Å². The topological polar surface area (TPSA) is 83.1 Å². The quantitative estimate of drug-likeness (QED) is 0.730. The van der Waals surface area contributed by atoms with Gasteiger partial charge in [0.2, 0.25) is 5.91 Å². The van der Waals surface area contributed by atoms with Crippen LogP contribution in [-0.2, 0) is 35.1 Å². The third kappa shape index (κ3) is 5.06. The van der Waals surface area contributed by atoms with Crippen molar-refractivity contribution >= 4 is 11.9 Å². The monoisotopic (exact) mass is 377 g/mol. The van der Waals surface area contributed by atoms with Crippen LogP contribution in [0.4, 0.5) is 0 Å². The van der Waals surface area contributed by atoms with Crippen molar-refractivity contribution < 1.29 is 28.5 Å². The second-order valence-corrected chi connectivity index (χ2v) is 7.42. The van der Waals surface area contributed by atoms with Gasteiger partial charge in [0.1, 0.15) is 18.2 Å². The SMILES string of the molecule is CC(=O)N[C@H]1C(OCc2ccccc2)O[C@H]2[C@@H]1OC[C@H]2OC(=O)CC(C)C. The van der Waals surface area contributed by atoms with Crippen molar-refractivity contribution in [3.05, 3.63) is 35.9 Å². The van der Waals surface area contributed by atoms with Crippen LogP contribution in [0.3, 0.4) is 0 Å². The maximum absolute atomic E-state index is 12.0. The Kier molecular flexibility index (Phi) is 6.46. The van der Waals surface area contributed by atoms with Crippen LogP contribution in [0.15, 0.2) is 30.3 Å². The molecule has 7 nitrogen and oxygen atoms in total. The predicted molar refractivity (Wildman–Crippen MR) is 96.6 cm³/mol. The highest BCUT2D eigenvalue weighted by Gasteiger charge is 2.55. The summed E-state index contributed by atoms with van der Waals surface area (Å²) in [7, 11) is 0. The molecule has 1 aromatic rings. The van der Waals surface area contributed by atoms with Crippen LogP contribution in [0.2, 0.25) is 0 Å². The van der Waals surface area contributed by atoms with Crippen LogP contribution < -0.4 is 5.32 Å². The van der Waals surface area contributed by atoms with Gasteiger partial charge in [-0.25, -0.2) is 0 Å². The van der Waals surface area contributed by atoms with Crippen LogP contribution in [0.1, 0.15) is 32.8 Å². The third-order valence-corrected chi connectivity index (χ3v) is 4.57. The fraction of sp³-hybridized carbons (Fsp3) is 0.600. The molecule has 27 heavy (non-hydrogen) atoms. The van der Waals surface area contributed by atoms with Gasteiger partial charge in [0.15, 0.2) is 12.4 Å². The summed E-state index contributed by atoms with van der Waals surface area (Å²) in [6.45, 7) is 5.96. The second kappa shape index (κ2) is 8.82. The molecular weight excluding hydrogens is 350 g/mol. The molecule has 0 radical (unpaired) electrons. The number of esters is 1. The Bertz CT molecular complexity index is 649. The van der Waals surface area contributed by atoms with Gasteiger partial charge in [-0.1, -0.05) is 44.2 Å². The number of rotatable bonds is 7. The van der Waals surface area contributed by atoms with E-state index in [-0.39, 0.29) is 24.4 Å². The summed E-state index contributed by atoms with van der Waals surface area (Å²) in [4.78, 5) is 23.6. The van der Waals surface area contributed by atoms with E-state index in [1.54, 1.807) is 0 Å². The Balaban J connectivity index is 1.64. The summed E-state index contributed by atoms with van der Waals surface area (Å²) in [5.74, 6) is -0.247. The molecular formula is C20H27NO6. The second-order valence-electron chi connectivity index (χ2n) is 7.42. The molecule has 7 heteroatoms. The molecule has 3 rings (SSSR count). The number of benzene rings is 1. The fourth-order valence-corrected chi connectivity index (χ4v) is 3.41. The lowest BCUT2D eigenvalue weighted by molar-refractivity contribution is -0.179. The molecule has 2 aliphatic heterocycles. The van der Waals surface area contributed by atoms with Gasteiger partial charge >= 0.3 is 5.97 Å². The first kappa shape index (κ1) is 19.8. The Hall–Kier alpha value is -1.96. The van der Waals surface area contributed by atoms with Gasteiger partial charge in [-0.2, -0.15) is 0 Å². The average Bonchev–Trinajstić information content (AvgIpc) is 3.14. The maximum atomic E-state index is 12.0. The number of hydrogen-bond donors (Lipinski definition) is 1. The van der Waals surface area contributed by atoms with Gasteiger partial charge in [-0.15, -0.1) is 0 Å². The Morgan fingerprint density at radius 3 is 2.63 bits per heavy atom. The number of amides is 1. The van der Waals surface area contributed by atoms with E-state index in [0.717, 1.165) is 5.56 Å². The summed E-state index contributed by atoms with van der Waals surface area (Å²) < 4.78 is 23.2. The van der Waals surface area contributed by atoms with E-state index in [9.17, 15) is 9.59 Å². The molecule has 2 fully saturated rings. The molecule has 1 N–H and O–H groups in total. The molecule has 0 saturated carbocycles. The van der Waals surface area contributed by atoms with E-state index >= 15 is 0 Å². The molecule has 0 spiro atoms. The zero-order chi connectivity index (χ0) is 19.4. The average molecular weight is 377 g/mol. The van der Waals surface area contributed by atoms with E-state index in [0.29, 0.717) is 13.0 Å². The van der Waals surface area contributed by atoms with E-state index in [1.807, 2.05) is 44.2 Å². The van der Waals surface area contributed by atoms with Crippen molar-refractivity contribution in [2.75, 3.05) is 6.61 Å². The van der Waals surface area contributed by atoms with Crippen molar-refractivity contribution in [3.8, 4) is 0 Å². The van der Waals surface area contributed by atoms with E-state index in [1.165, 1.54) is 6.92 Å². The number of fused-ring (bicyclic) bond motifs is 1. The molecule has 2 aliphatic rings. The molecule has 0 aliphatic carbocycles. The summed E-state index contributed by atoms with van der Waals surface area (Å²) >= 11 is 0. The molecule has 0 bridgehead atoms. The van der Waals surface area contributed by atoms with Gasteiger partial charge in [0.05, 0.1) is 13.2 Å². The van der Waals surface area contributed by atoms with Gasteiger partial charge in [0.25, 0.3) is 0 Å². The van der Waals surface area contributed by atoms with Crippen LogP contribution >= 0.6 is 0 Å². The van der Waals surface area contributed by atoms with Crippen LogP contribution in [0.25, 0.3) is 0 Å². The van der Waals surface area contributed by atoms with E-state index in [2.05, 4.69) is 5.32 Å². The first-order valence-corrected chi connectivity index (χ1v) is 9.33. The molecule has 5 atom stereocenters. The predicted octanol–water partition coefficient (Wildman–Crippen LogP) is 1.79. The minimum absolute atomic E-state index is 0.193. The minimum Gasteiger partial charge on any atom is -0.457 e. The van der Waals surface area contributed by atoms with Crippen molar-refractivity contribution in [3.63, 3.8) is 0 Å². The minimum atomic E-state index is -0.671. The lowest BCUT2D eigenvalue weighted by atomic mass is 10.1. The fourth-order valence-electron chi connectivity index (χ4n) is 3.41. The standard InChI is InChI=1S/C20H27NO6/c1-12(2)9-16(23)26-15-11-24-19-17(21-13(3)22)20(27-18(15)19)25-10-14-7-5-4-6-8-14/h4-8,12,15,17-20H,9-11H2,1-3H3,(H,21,22)/t15-,17-,18-,19-,20?/m1/s1. The van der Waals surface area contributed by atoms with E-state index < -0.39 is 30.6 Å². The van der Waals surface area contributed by atoms with Gasteiger partial charge in [-0.3, -0.25) is 9.59 Å². The lowest BCUT2D eigenvalue weighted by Gasteiger charge is -2.23. The molecule has 0 aromatic heterocycles. The van der Waals surface area contributed by atoms with Crippen LogP contribution in [0, 0.1) is 5.92 Å². The number of hydrogen-bond acceptors (Lipinski definition) is 6. The summed E-state index contributed by atoms with van der Waals surface area (Å²) in [5.41, 5.74) is 1.00. The smallest absolute Gasteiger partial charge is 0.306 e. The highest BCUT2D eigenvalue weighted by molar-refractivity contribution is 5.73. The zero-order valence-electron chi connectivity index (χ0n) is 15.9. The molecule has 1 unspecified atom stereocenters. The number of nitrogens with one attached hydrogen (secondary N) is 1. The largest absolute Gasteiger partial charge is 0.457 e. The number of carbonyl (C=O) groups is 2. The Morgan fingerprint density at radius 1 is 1.22 bits per heavy atom. The van der Waals surface area contributed by atoms with Gasteiger partial charge in [0, 0.05) is 13.3 Å². The molecule has 2 heterocycles. The lowest BCUT2D eigenvalue weighted by Crippen LogP contribution is -2.47. The molecule has 1 aromatic carbocycles. The van der Waals surface area contributed by atoms with Gasteiger partial charge in [-0.05, 0) is 11.5 Å². The normalized spacial score (nSPS) is 29.6. The van der Waals surface area contributed by atoms with Crippen molar-refractivity contribution in [2.45, 2.75) is 64.4 Å². The highest BCUT2D eigenvalue weighted by Crippen LogP contribution is 2.34. The van der Waals surface area contributed by atoms with Crippen molar-refractivity contribution in [2.24, 2.45) is 5.92 Å². The first-order chi connectivity index (χ1) is 12.9. The van der Waals surface area contributed by atoms with Crippen LogP contribution in [0.5, 0.6) is 0 Å². The van der Waals surface area contributed by atoms with Gasteiger partial charge < -0.3 is 24.3 Å². The van der Waals surface area contributed by atoms with Crippen molar-refractivity contribution in [1.82, 2.24) is 5.32 Å². The molecule has 2 saturated heterocycles. The zero-order valence-corrected chi connectivity index (χ0v) is 15.9. The number of carbonyl (C=O) groups excluding carboxylic acids is 2. The summed E-state index contributed by atoms with van der Waals surface area (Å²) in [6, 6.07) is 9.25. The summed E-state index contributed by atoms with van der Waals surface area (Å²) in [6.07, 6.45) is -1.69. The molecule has 1 amide bonds. The molecule has 148 valence electrons. The maximum Gasteiger partial charge on any atom is 0.306 e. The van der Waals surface area contributed by atoms with Crippen molar-refractivity contribution in [1.29, 1.82) is 0 Å². The number of ether oxygens (including phenoxy) is 4. The van der Waals surface area contributed by atoms with E-state index in [4.69, 9.17) is 18.9 Å².